The highest BCUT2D eigenvalue weighted by Gasteiger charge is 2.15. The van der Waals surface area contributed by atoms with Crippen molar-refractivity contribution in [3.8, 4) is 11.3 Å². The smallest absolute Gasteiger partial charge is 0.251 e. The summed E-state index contributed by atoms with van der Waals surface area (Å²) in [5.74, 6) is 0.0441. The number of aliphatic hydroxyl groups excluding tert-OH is 1. The molecule has 0 aliphatic carbocycles. The van der Waals surface area contributed by atoms with E-state index in [0.717, 1.165) is 11.1 Å². The second kappa shape index (κ2) is 8.07. The van der Waals surface area contributed by atoms with Gasteiger partial charge in [-0.05, 0) is 33.6 Å². The maximum absolute atomic E-state index is 12.5. The molecule has 132 valence electrons. The summed E-state index contributed by atoms with van der Waals surface area (Å²) >= 11 is 3.27. The number of carbonyl (C=O) groups is 1. The average molecular weight is 413 g/mol. The van der Waals surface area contributed by atoms with Crippen LogP contribution in [0.15, 0.2) is 65.4 Å². The molecule has 4 N–H and O–H groups in total. The van der Waals surface area contributed by atoms with Crippen molar-refractivity contribution >= 4 is 27.7 Å². The zero-order valence-electron chi connectivity index (χ0n) is 13.8. The molecule has 1 heterocycles. The lowest BCUT2D eigenvalue weighted by Crippen LogP contribution is -2.30. The van der Waals surface area contributed by atoms with Gasteiger partial charge in [0.2, 0.25) is 0 Å². The van der Waals surface area contributed by atoms with E-state index in [-0.39, 0.29) is 12.5 Å². The van der Waals surface area contributed by atoms with Gasteiger partial charge in [0.15, 0.2) is 0 Å². The SMILES string of the molecule is Nc1ncc(Br)nc1-c1ccc(C(=O)NC(CO)c2ccccc2)cc1. The summed E-state index contributed by atoms with van der Waals surface area (Å²) in [6.07, 6.45) is 1.53. The van der Waals surface area contributed by atoms with E-state index in [1.165, 1.54) is 6.20 Å². The van der Waals surface area contributed by atoms with Crippen LogP contribution in [0.2, 0.25) is 0 Å². The summed E-state index contributed by atoms with van der Waals surface area (Å²) in [6, 6.07) is 15.8. The van der Waals surface area contributed by atoms with Crippen molar-refractivity contribution in [1.82, 2.24) is 15.3 Å². The second-order valence-electron chi connectivity index (χ2n) is 5.62. The first-order valence-corrected chi connectivity index (χ1v) is 8.73. The topological polar surface area (TPSA) is 101 Å². The molecular formula is C19H17BrN4O2. The molecule has 3 aromatic rings. The molecule has 0 aliphatic rings. The Labute approximate surface area is 159 Å². The van der Waals surface area contributed by atoms with Gasteiger partial charge in [-0.15, -0.1) is 0 Å². The lowest BCUT2D eigenvalue weighted by atomic mass is 10.1. The first-order chi connectivity index (χ1) is 12.6. The molecule has 0 fully saturated rings. The van der Waals surface area contributed by atoms with Crippen molar-refractivity contribution in [1.29, 1.82) is 0 Å². The number of amides is 1. The van der Waals surface area contributed by atoms with E-state index in [1.807, 2.05) is 30.3 Å². The summed E-state index contributed by atoms with van der Waals surface area (Å²) < 4.78 is 0.581. The van der Waals surface area contributed by atoms with E-state index in [1.54, 1.807) is 24.3 Å². The summed E-state index contributed by atoms with van der Waals surface area (Å²) in [5, 5.41) is 12.4. The Morgan fingerprint density at radius 2 is 1.85 bits per heavy atom. The van der Waals surface area contributed by atoms with Crippen LogP contribution in [0.3, 0.4) is 0 Å². The molecule has 0 aliphatic heterocycles. The largest absolute Gasteiger partial charge is 0.394 e. The van der Waals surface area contributed by atoms with Gasteiger partial charge >= 0.3 is 0 Å². The van der Waals surface area contributed by atoms with E-state index in [0.29, 0.717) is 21.7 Å². The average Bonchev–Trinajstić information content (AvgIpc) is 2.68. The van der Waals surface area contributed by atoms with Crippen molar-refractivity contribution in [2.45, 2.75) is 6.04 Å². The third-order valence-electron chi connectivity index (χ3n) is 3.88. The predicted molar refractivity (Wildman–Crippen MR) is 103 cm³/mol. The minimum absolute atomic E-state index is 0.183. The van der Waals surface area contributed by atoms with Crippen molar-refractivity contribution in [2.24, 2.45) is 0 Å². The molecule has 3 rings (SSSR count). The Kier molecular flexibility index (Phi) is 5.60. The highest BCUT2D eigenvalue weighted by Crippen LogP contribution is 2.24. The van der Waals surface area contributed by atoms with Gasteiger partial charge in [0.25, 0.3) is 5.91 Å². The summed E-state index contributed by atoms with van der Waals surface area (Å²) in [7, 11) is 0. The summed E-state index contributed by atoms with van der Waals surface area (Å²) in [4.78, 5) is 20.8. The third-order valence-corrected chi connectivity index (χ3v) is 4.26. The Morgan fingerprint density at radius 3 is 2.50 bits per heavy atom. The monoisotopic (exact) mass is 412 g/mol. The first-order valence-electron chi connectivity index (χ1n) is 7.93. The highest BCUT2D eigenvalue weighted by molar-refractivity contribution is 9.10. The van der Waals surface area contributed by atoms with Gasteiger partial charge in [-0.25, -0.2) is 9.97 Å². The van der Waals surface area contributed by atoms with Crippen molar-refractivity contribution < 1.29 is 9.90 Å². The van der Waals surface area contributed by atoms with E-state index < -0.39 is 6.04 Å². The van der Waals surface area contributed by atoms with Crippen LogP contribution < -0.4 is 11.1 Å². The van der Waals surface area contributed by atoms with Crippen LogP contribution in [-0.2, 0) is 0 Å². The van der Waals surface area contributed by atoms with E-state index in [9.17, 15) is 9.90 Å². The number of aromatic nitrogens is 2. The molecule has 1 amide bonds. The zero-order chi connectivity index (χ0) is 18.5. The molecule has 0 radical (unpaired) electrons. The van der Waals surface area contributed by atoms with Gasteiger partial charge in [0.05, 0.1) is 18.8 Å². The number of nitrogen functional groups attached to an aromatic ring is 1. The predicted octanol–water partition coefficient (Wildman–Crippen LogP) is 2.95. The molecule has 26 heavy (non-hydrogen) atoms. The fraction of sp³-hybridized carbons (Fsp3) is 0.105. The minimum Gasteiger partial charge on any atom is -0.394 e. The molecular weight excluding hydrogens is 396 g/mol. The van der Waals surface area contributed by atoms with Crippen LogP contribution in [0.4, 0.5) is 5.82 Å². The summed E-state index contributed by atoms with van der Waals surface area (Å²) in [5.41, 5.74) is 8.49. The molecule has 6 nitrogen and oxygen atoms in total. The number of rotatable bonds is 5. The zero-order valence-corrected chi connectivity index (χ0v) is 15.3. The quantitative estimate of drug-likeness (QED) is 0.597. The van der Waals surface area contributed by atoms with Crippen molar-refractivity contribution in [3.05, 3.63) is 76.5 Å². The standard InChI is InChI=1S/C19H17BrN4O2/c20-16-10-22-18(21)17(24-16)13-6-8-14(9-7-13)19(26)23-15(11-25)12-4-2-1-3-5-12/h1-10,15,25H,11H2,(H2,21,22)(H,23,26). The van der Waals surface area contributed by atoms with Crippen LogP contribution >= 0.6 is 15.9 Å². The molecule has 0 saturated carbocycles. The number of hydrogen-bond donors (Lipinski definition) is 3. The van der Waals surface area contributed by atoms with Crippen LogP contribution in [0.1, 0.15) is 22.0 Å². The Balaban J connectivity index is 1.77. The van der Waals surface area contributed by atoms with E-state index >= 15 is 0 Å². The first kappa shape index (κ1) is 18.0. The van der Waals surface area contributed by atoms with Gasteiger partial charge in [0, 0.05) is 11.1 Å². The normalized spacial score (nSPS) is 11.8. The van der Waals surface area contributed by atoms with Crippen molar-refractivity contribution in [3.63, 3.8) is 0 Å². The Bertz CT molecular complexity index is 901. The lowest BCUT2D eigenvalue weighted by Gasteiger charge is -2.17. The molecule has 0 bridgehead atoms. The lowest BCUT2D eigenvalue weighted by molar-refractivity contribution is 0.0916. The van der Waals surface area contributed by atoms with Crippen LogP contribution in [0.5, 0.6) is 0 Å². The van der Waals surface area contributed by atoms with Crippen LogP contribution in [0, 0.1) is 0 Å². The van der Waals surface area contributed by atoms with Gasteiger partial charge in [-0.2, -0.15) is 0 Å². The van der Waals surface area contributed by atoms with E-state index in [2.05, 4.69) is 31.2 Å². The number of nitrogens with zero attached hydrogens (tertiary/aromatic N) is 2. The van der Waals surface area contributed by atoms with E-state index in [4.69, 9.17) is 5.73 Å². The number of hydrogen-bond acceptors (Lipinski definition) is 5. The van der Waals surface area contributed by atoms with Gasteiger partial charge in [-0.3, -0.25) is 4.79 Å². The highest BCUT2D eigenvalue weighted by atomic mass is 79.9. The maximum atomic E-state index is 12.5. The molecule has 7 heteroatoms. The summed E-state index contributed by atoms with van der Waals surface area (Å²) in [6.45, 7) is -0.183. The van der Waals surface area contributed by atoms with Crippen LogP contribution in [-0.4, -0.2) is 27.6 Å². The molecule has 1 aromatic heterocycles. The second-order valence-corrected chi connectivity index (χ2v) is 6.44. The molecule has 1 atom stereocenters. The fourth-order valence-corrected chi connectivity index (χ4v) is 2.81. The molecule has 0 saturated heterocycles. The number of aliphatic hydroxyl groups is 1. The number of nitrogens with two attached hydrogens (primary N) is 1. The number of halogens is 1. The van der Waals surface area contributed by atoms with Crippen LogP contribution in [0.25, 0.3) is 11.3 Å². The Morgan fingerprint density at radius 1 is 1.15 bits per heavy atom. The molecule has 1 unspecified atom stereocenters. The third kappa shape index (κ3) is 4.07. The van der Waals surface area contributed by atoms with Gasteiger partial charge < -0.3 is 16.2 Å². The maximum Gasteiger partial charge on any atom is 0.251 e. The van der Waals surface area contributed by atoms with Gasteiger partial charge in [0.1, 0.15) is 16.1 Å². The fourth-order valence-electron chi connectivity index (χ4n) is 2.53. The number of anilines is 1. The molecule has 0 spiro atoms. The van der Waals surface area contributed by atoms with Crippen molar-refractivity contribution in [2.75, 3.05) is 12.3 Å². The van der Waals surface area contributed by atoms with Gasteiger partial charge in [-0.1, -0.05) is 42.5 Å². The minimum atomic E-state index is -0.463. The number of nitrogens with one attached hydrogen (secondary N) is 1. The molecule has 2 aromatic carbocycles. The number of carbonyl (C=O) groups excluding carboxylic acids is 1. The number of benzene rings is 2. The Hall–Kier alpha value is -2.77.